The lowest BCUT2D eigenvalue weighted by Gasteiger charge is -2.38. The lowest BCUT2D eigenvalue weighted by Crippen LogP contribution is -2.47. The Hall–Kier alpha value is -2.05. The van der Waals surface area contributed by atoms with E-state index >= 15 is 0 Å². The number of carbonyl (C=O) groups is 1. The Morgan fingerprint density at radius 3 is 2.68 bits per heavy atom. The van der Waals surface area contributed by atoms with Crippen LogP contribution in [0.4, 0.5) is 0 Å². The van der Waals surface area contributed by atoms with Crippen LogP contribution < -0.4 is 0 Å². The molecule has 6 nitrogen and oxygen atoms in total. The molecular weight excluding hydrogens is 320 g/mol. The third-order valence-corrected chi connectivity index (χ3v) is 5.49. The lowest BCUT2D eigenvalue weighted by molar-refractivity contribution is -0.0397. The summed E-state index contributed by atoms with van der Waals surface area (Å²) < 4.78 is 16.9. The van der Waals surface area contributed by atoms with Gasteiger partial charge in [-0.3, -0.25) is 9.69 Å². The summed E-state index contributed by atoms with van der Waals surface area (Å²) >= 11 is 0. The van der Waals surface area contributed by atoms with Gasteiger partial charge in [0.05, 0.1) is 31.3 Å². The first-order valence-corrected chi connectivity index (χ1v) is 8.85. The van der Waals surface area contributed by atoms with Crippen LogP contribution in [-0.4, -0.2) is 54.1 Å². The van der Waals surface area contributed by atoms with Crippen molar-refractivity contribution in [2.75, 3.05) is 26.7 Å². The third-order valence-electron chi connectivity index (χ3n) is 5.49. The van der Waals surface area contributed by atoms with Crippen molar-refractivity contribution in [2.24, 2.45) is 0 Å². The molecule has 1 spiro atoms. The predicted molar refractivity (Wildman–Crippen MR) is 91.1 cm³/mol. The molecule has 4 rings (SSSR count). The summed E-state index contributed by atoms with van der Waals surface area (Å²) in [7, 11) is 2.12. The first-order chi connectivity index (χ1) is 12.2. The Morgan fingerprint density at radius 2 is 2.00 bits per heavy atom. The Balaban J connectivity index is 1.32. The van der Waals surface area contributed by atoms with Crippen LogP contribution in [0.15, 0.2) is 45.6 Å². The molecule has 0 unspecified atom stereocenters. The zero-order valence-electron chi connectivity index (χ0n) is 14.5. The average molecular weight is 344 g/mol. The van der Waals surface area contributed by atoms with Crippen molar-refractivity contribution in [2.45, 2.75) is 37.5 Å². The molecule has 1 amide bonds. The highest BCUT2D eigenvalue weighted by Gasteiger charge is 2.44. The van der Waals surface area contributed by atoms with Crippen LogP contribution in [0.3, 0.4) is 0 Å². The summed E-state index contributed by atoms with van der Waals surface area (Å²) in [6.07, 6.45) is 6.02. The van der Waals surface area contributed by atoms with E-state index in [9.17, 15) is 4.79 Å². The highest BCUT2D eigenvalue weighted by Crippen LogP contribution is 2.38. The van der Waals surface area contributed by atoms with Crippen molar-refractivity contribution in [3.05, 3.63) is 48.3 Å². The summed E-state index contributed by atoms with van der Waals surface area (Å²) in [6, 6.07) is 7.77. The molecule has 2 aromatic rings. The number of likely N-dealkylation sites (N-methyl/N-ethyl adjacent to an activating group) is 1. The number of amides is 1. The largest absolute Gasteiger partial charge is 0.468 e. The number of hydrogen-bond acceptors (Lipinski definition) is 5. The first kappa shape index (κ1) is 16.4. The molecule has 6 heteroatoms. The van der Waals surface area contributed by atoms with E-state index in [0.29, 0.717) is 24.9 Å². The van der Waals surface area contributed by atoms with Crippen LogP contribution in [0.25, 0.3) is 0 Å². The van der Waals surface area contributed by atoms with Crippen LogP contribution in [0, 0.1) is 0 Å². The summed E-state index contributed by atoms with van der Waals surface area (Å²) in [4.78, 5) is 16.6. The van der Waals surface area contributed by atoms with E-state index in [4.69, 9.17) is 13.6 Å². The normalized spacial score (nSPS) is 22.8. The SMILES string of the molecule is CN(Cc1ccco1)[C@@H]1COC2(CCN(C(=O)c3ccco3)CC2)C1. The minimum Gasteiger partial charge on any atom is -0.468 e. The van der Waals surface area contributed by atoms with Crippen LogP contribution >= 0.6 is 0 Å². The third kappa shape index (κ3) is 3.37. The molecule has 2 aliphatic heterocycles. The standard InChI is InChI=1S/C19H24N2O4/c1-20(13-16-4-2-10-23-16)15-12-19(25-14-15)6-8-21(9-7-19)18(22)17-5-3-11-24-17/h2-5,10-11,15H,6-9,12-14H2,1H3/t15-/m0/s1. The van der Waals surface area contributed by atoms with Gasteiger partial charge in [-0.25, -0.2) is 0 Å². The van der Waals surface area contributed by atoms with Gasteiger partial charge in [0, 0.05) is 19.1 Å². The molecule has 2 aromatic heterocycles. The Morgan fingerprint density at radius 1 is 1.24 bits per heavy atom. The summed E-state index contributed by atoms with van der Waals surface area (Å²) in [6.45, 7) is 2.96. The van der Waals surface area contributed by atoms with Crippen LogP contribution in [0.2, 0.25) is 0 Å². The number of furan rings is 2. The van der Waals surface area contributed by atoms with Gasteiger partial charge in [0.2, 0.25) is 0 Å². The monoisotopic (exact) mass is 344 g/mol. The molecule has 4 heterocycles. The van der Waals surface area contributed by atoms with Gasteiger partial charge in [-0.05, 0) is 50.6 Å². The van der Waals surface area contributed by atoms with Gasteiger partial charge in [-0.2, -0.15) is 0 Å². The molecule has 2 fully saturated rings. The number of ether oxygens (including phenoxy) is 1. The second-order valence-electron chi connectivity index (χ2n) is 7.12. The molecule has 0 aliphatic carbocycles. The predicted octanol–water partition coefficient (Wildman–Crippen LogP) is 2.77. The molecule has 0 saturated carbocycles. The van der Waals surface area contributed by atoms with E-state index in [1.54, 1.807) is 18.4 Å². The maximum Gasteiger partial charge on any atom is 0.289 e. The molecular formula is C19H24N2O4. The van der Waals surface area contributed by atoms with E-state index in [0.717, 1.165) is 38.2 Å². The van der Waals surface area contributed by atoms with E-state index in [2.05, 4.69) is 11.9 Å². The Labute approximate surface area is 147 Å². The fourth-order valence-corrected chi connectivity index (χ4v) is 3.90. The second-order valence-corrected chi connectivity index (χ2v) is 7.12. The molecule has 0 aromatic carbocycles. The average Bonchev–Trinajstić information content (AvgIpc) is 3.37. The second kappa shape index (κ2) is 6.69. The quantitative estimate of drug-likeness (QED) is 0.853. The van der Waals surface area contributed by atoms with Gasteiger partial charge < -0.3 is 18.5 Å². The van der Waals surface area contributed by atoms with Gasteiger partial charge in [0.25, 0.3) is 5.91 Å². The Bertz CT molecular complexity index is 687. The molecule has 134 valence electrons. The number of rotatable bonds is 4. The zero-order valence-corrected chi connectivity index (χ0v) is 14.5. The molecule has 0 N–H and O–H groups in total. The molecule has 1 atom stereocenters. The molecule has 2 aliphatic rings. The van der Waals surface area contributed by atoms with Gasteiger partial charge >= 0.3 is 0 Å². The van der Waals surface area contributed by atoms with Crippen molar-refractivity contribution in [3.8, 4) is 0 Å². The Kier molecular flexibility index (Phi) is 4.39. The summed E-state index contributed by atoms with van der Waals surface area (Å²) in [5, 5.41) is 0. The minimum absolute atomic E-state index is 0.0238. The fourth-order valence-electron chi connectivity index (χ4n) is 3.90. The maximum atomic E-state index is 12.4. The number of hydrogen-bond donors (Lipinski definition) is 0. The number of carbonyl (C=O) groups excluding carboxylic acids is 1. The number of nitrogens with zero attached hydrogens (tertiary/aromatic N) is 2. The van der Waals surface area contributed by atoms with Crippen molar-refractivity contribution < 1.29 is 18.4 Å². The highest BCUT2D eigenvalue weighted by molar-refractivity contribution is 5.91. The van der Waals surface area contributed by atoms with Crippen molar-refractivity contribution in [1.29, 1.82) is 0 Å². The van der Waals surface area contributed by atoms with Gasteiger partial charge in [0.1, 0.15) is 5.76 Å². The maximum absolute atomic E-state index is 12.4. The van der Waals surface area contributed by atoms with E-state index in [1.165, 1.54) is 6.26 Å². The molecule has 0 bridgehead atoms. The molecule has 25 heavy (non-hydrogen) atoms. The first-order valence-electron chi connectivity index (χ1n) is 8.85. The summed E-state index contributed by atoms with van der Waals surface area (Å²) in [5.41, 5.74) is -0.0952. The van der Waals surface area contributed by atoms with Gasteiger partial charge in [-0.1, -0.05) is 0 Å². The minimum atomic E-state index is -0.0952. The van der Waals surface area contributed by atoms with Crippen molar-refractivity contribution >= 4 is 5.91 Å². The van der Waals surface area contributed by atoms with Crippen LogP contribution in [0.1, 0.15) is 35.6 Å². The van der Waals surface area contributed by atoms with Crippen LogP contribution in [0.5, 0.6) is 0 Å². The smallest absolute Gasteiger partial charge is 0.289 e. The summed E-state index contributed by atoms with van der Waals surface area (Å²) in [5.74, 6) is 1.37. The highest BCUT2D eigenvalue weighted by atomic mass is 16.5. The van der Waals surface area contributed by atoms with Gasteiger partial charge in [-0.15, -0.1) is 0 Å². The molecule has 0 radical (unpaired) electrons. The topological polar surface area (TPSA) is 59.1 Å². The molecule has 2 saturated heterocycles. The van der Waals surface area contributed by atoms with Crippen LogP contribution in [-0.2, 0) is 11.3 Å². The van der Waals surface area contributed by atoms with Gasteiger partial charge in [0.15, 0.2) is 5.76 Å². The zero-order chi connectivity index (χ0) is 17.3. The van der Waals surface area contributed by atoms with Crippen molar-refractivity contribution in [1.82, 2.24) is 9.80 Å². The van der Waals surface area contributed by atoms with E-state index in [-0.39, 0.29) is 11.5 Å². The van der Waals surface area contributed by atoms with Crippen molar-refractivity contribution in [3.63, 3.8) is 0 Å². The fraction of sp³-hybridized carbons (Fsp3) is 0.526. The van der Waals surface area contributed by atoms with E-state index < -0.39 is 0 Å². The number of piperidine rings is 1. The van der Waals surface area contributed by atoms with E-state index in [1.807, 2.05) is 17.0 Å². The lowest BCUT2D eigenvalue weighted by atomic mass is 9.87. The number of likely N-dealkylation sites (tertiary alicyclic amines) is 1.